The summed E-state index contributed by atoms with van der Waals surface area (Å²) in [5, 5.41) is 11.3. The van der Waals surface area contributed by atoms with Gasteiger partial charge in [0, 0.05) is 31.3 Å². The fourth-order valence-electron chi connectivity index (χ4n) is 2.84. The van der Waals surface area contributed by atoms with E-state index >= 15 is 0 Å². The van der Waals surface area contributed by atoms with E-state index < -0.39 is 4.92 Å². The van der Waals surface area contributed by atoms with E-state index in [4.69, 9.17) is 0 Å². The van der Waals surface area contributed by atoms with E-state index in [1.54, 1.807) is 12.1 Å². The number of rotatable bonds is 4. The largest absolute Gasteiger partial charge is 0.365 e. The first kappa shape index (κ1) is 15.4. The Balaban J connectivity index is 2.33. The third-order valence-corrected chi connectivity index (χ3v) is 4.11. The summed E-state index contributed by atoms with van der Waals surface area (Å²) in [6.07, 6.45) is 2.11. The molecule has 21 heavy (non-hydrogen) atoms. The molecule has 1 unspecified atom stereocenters. The number of likely N-dealkylation sites (tertiary alicyclic amines) is 1. The molecule has 6 heteroatoms. The Labute approximate surface area is 124 Å². The molecule has 0 amide bonds. The lowest BCUT2D eigenvalue weighted by molar-refractivity contribution is -0.384. The summed E-state index contributed by atoms with van der Waals surface area (Å²) in [5.41, 5.74) is 0.948. The zero-order valence-electron chi connectivity index (χ0n) is 12.7. The average molecular weight is 291 g/mol. The van der Waals surface area contributed by atoms with Gasteiger partial charge < -0.3 is 9.80 Å². The van der Waals surface area contributed by atoms with Crippen LogP contribution < -0.4 is 4.90 Å². The molecule has 0 aliphatic carbocycles. The van der Waals surface area contributed by atoms with Crippen LogP contribution >= 0.6 is 0 Å². The van der Waals surface area contributed by atoms with Gasteiger partial charge in [0.15, 0.2) is 5.78 Å². The zero-order chi connectivity index (χ0) is 15.6. The van der Waals surface area contributed by atoms with Gasteiger partial charge in [-0.2, -0.15) is 0 Å². The van der Waals surface area contributed by atoms with Crippen LogP contribution in [0.2, 0.25) is 0 Å². The van der Waals surface area contributed by atoms with E-state index in [0.717, 1.165) is 25.9 Å². The molecule has 2 rings (SSSR count). The smallest absolute Gasteiger partial charge is 0.293 e. The van der Waals surface area contributed by atoms with E-state index in [2.05, 4.69) is 11.9 Å². The molecule has 6 nitrogen and oxygen atoms in total. The molecule has 0 saturated carbocycles. The van der Waals surface area contributed by atoms with Crippen molar-refractivity contribution in [3.8, 4) is 0 Å². The van der Waals surface area contributed by atoms with Crippen LogP contribution in [0.5, 0.6) is 0 Å². The Hall–Kier alpha value is -1.95. The average Bonchev–Trinajstić information content (AvgIpc) is 2.45. The second-order valence-corrected chi connectivity index (χ2v) is 5.69. The number of Topliss-reactive ketones (excluding diaryl/α,β-unsaturated/α-hetero) is 1. The summed E-state index contributed by atoms with van der Waals surface area (Å²) in [4.78, 5) is 26.5. The summed E-state index contributed by atoms with van der Waals surface area (Å²) in [6, 6.07) is 4.98. The molecule has 114 valence electrons. The number of anilines is 1. The molecule has 0 radical (unpaired) electrons. The van der Waals surface area contributed by atoms with Gasteiger partial charge in [-0.1, -0.05) is 0 Å². The molecule has 1 aromatic carbocycles. The third-order valence-electron chi connectivity index (χ3n) is 4.11. The summed E-state index contributed by atoms with van der Waals surface area (Å²) in [5.74, 6) is -0.162. The number of nitrogens with zero attached hydrogens (tertiary/aromatic N) is 3. The van der Waals surface area contributed by atoms with Gasteiger partial charge in [-0.3, -0.25) is 14.9 Å². The van der Waals surface area contributed by atoms with E-state index in [1.165, 1.54) is 13.0 Å². The lowest BCUT2D eigenvalue weighted by Crippen LogP contribution is -2.45. The number of nitro groups is 1. The van der Waals surface area contributed by atoms with E-state index in [-0.39, 0.29) is 17.5 Å². The van der Waals surface area contributed by atoms with Crippen LogP contribution in [-0.4, -0.2) is 48.8 Å². The number of piperidine rings is 1. The zero-order valence-corrected chi connectivity index (χ0v) is 12.7. The van der Waals surface area contributed by atoms with Gasteiger partial charge in [0.1, 0.15) is 5.69 Å². The molecule has 0 aromatic heterocycles. The second-order valence-electron chi connectivity index (χ2n) is 5.69. The fourth-order valence-corrected chi connectivity index (χ4v) is 2.84. The van der Waals surface area contributed by atoms with Crippen molar-refractivity contribution in [1.29, 1.82) is 0 Å². The number of hydrogen-bond donors (Lipinski definition) is 0. The summed E-state index contributed by atoms with van der Waals surface area (Å²) < 4.78 is 0. The van der Waals surface area contributed by atoms with Crippen LogP contribution in [0.3, 0.4) is 0 Å². The van der Waals surface area contributed by atoms with Crippen LogP contribution in [0.4, 0.5) is 11.4 Å². The molecule has 1 aliphatic rings. The summed E-state index contributed by atoms with van der Waals surface area (Å²) in [7, 11) is 3.95. The first-order valence-electron chi connectivity index (χ1n) is 7.11. The minimum Gasteiger partial charge on any atom is -0.365 e. The van der Waals surface area contributed by atoms with Crippen molar-refractivity contribution >= 4 is 17.2 Å². The highest BCUT2D eigenvalue weighted by Gasteiger charge is 2.26. The molecule has 1 atom stereocenters. The number of benzene rings is 1. The molecule has 1 aliphatic heterocycles. The van der Waals surface area contributed by atoms with Crippen molar-refractivity contribution in [1.82, 2.24) is 4.90 Å². The van der Waals surface area contributed by atoms with Crippen LogP contribution in [0.25, 0.3) is 0 Å². The molecule has 0 bridgehead atoms. The number of nitro benzene ring substituents is 1. The van der Waals surface area contributed by atoms with Crippen molar-refractivity contribution in [3.05, 3.63) is 33.9 Å². The molecule has 1 heterocycles. The van der Waals surface area contributed by atoms with E-state index in [0.29, 0.717) is 11.3 Å². The maximum atomic E-state index is 11.4. The molecule has 1 saturated heterocycles. The van der Waals surface area contributed by atoms with Gasteiger partial charge in [0.05, 0.1) is 4.92 Å². The Bertz CT molecular complexity index is 559. The van der Waals surface area contributed by atoms with Crippen LogP contribution in [0, 0.1) is 10.1 Å². The maximum absolute atomic E-state index is 11.4. The van der Waals surface area contributed by atoms with Crippen LogP contribution in [-0.2, 0) is 0 Å². The molecular formula is C15H21N3O3. The summed E-state index contributed by atoms with van der Waals surface area (Å²) in [6.45, 7) is 3.37. The van der Waals surface area contributed by atoms with Gasteiger partial charge in [0.25, 0.3) is 5.69 Å². The number of likely N-dealkylation sites (N-methyl/N-ethyl adjacent to an activating group) is 2. The number of ketones is 1. The van der Waals surface area contributed by atoms with Gasteiger partial charge in [-0.05, 0) is 45.5 Å². The molecule has 0 N–H and O–H groups in total. The van der Waals surface area contributed by atoms with Crippen LogP contribution in [0.15, 0.2) is 18.2 Å². The Morgan fingerprint density at radius 2 is 2.19 bits per heavy atom. The predicted octanol–water partition coefficient (Wildman–Crippen LogP) is 2.33. The highest BCUT2D eigenvalue weighted by molar-refractivity contribution is 5.95. The highest BCUT2D eigenvalue weighted by Crippen LogP contribution is 2.31. The lowest BCUT2D eigenvalue weighted by Gasteiger charge is -2.36. The SMILES string of the molecule is CC(=O)c1ccc(N(C)C2CCCN(C)C2)c([N+](=O)[O-])c1. The van der Waals surface area contributed by atoms with Crippen molar-refractivity contribution in [3.63, 3.8) is 0 Å². The minimum atomic E-state index is -0.412. The molecule has 0 spiro atoms. The normalized spacial score (nSPS) is 19.3. The standard InChI is InChI=1S/C15H21N3O3/c1-11(19)12-6-7-14(15(9-12)18(20)21)17(3)13-5-4-8-16(2)10-13/h6-7,9,13H,4-5,8,10H2,1-3H3. The van der Waals surface area contributed by atoms with Crippen molar-refractivity contribution in [2.45, 2.75) is 25.8 Å². The van der Waals surface area contributed by atoms with Crippen molar-refractivity contribution < 1.29 is 9.72 Å². The van der Waals surface area contributed by atoms with Gasteiger partial charge >= 0.3 is 0 Å². The predicted molar refractivity (Wildman–Crippen MR) is 82.0 cm³/mol. The quantitative estimate of drug-likeness (QED) is 0.484. The van der Waals surface area contributed by atoms with Crippen molar-refractivity contribution in [2.24, 2.45) is 0 Å². The molecule has 1 fully saturated rings. The van der Waals surface area contributed by atoms with Gasteiger partial charge in [-0.25, -0.2) is 0 Å². The summed E-state index contributed by atoms with van der Waals surface area (Å²) >= 11 is 0. The molecular weight excluding hydrogens is 270 g/mol. The highest BCUT2D eigenvalue weighted by atomic mass is 16.6. The topological polar surface area (TPSA) is 66.7 Å². The van der Waals surface area contributed by atoms with Crippen LogP contribution in [0.1, 0.15) is 30.1 Å². The number of hydrogen-bond acceptors (Lipinski definition) is 5. The van der Waals surface area contributed by atoms with Crippen molar-refractivity contribution in [2.75, 3.05) is 32.1 Å². The monoisotopic (exact) mass is 291 g/mol. The Kier molecular flexibility index (Phi) is 4.57. The van der Waals surface area contributed by atoms with E-state index in [1.807, 2.05) is 11.9 Å². The van der Waals surface area contributed by atoms with E-state index in [9.17, 15) is 14.9 Å². The minimum absolute atomic E-state index is 0.00146. The van der Waals surface area contributed by atoms with Gasteiger partial charge in [0.2, 0.25) is 0 Å². The Morgan fingerprint density at radius 3 is 2.76 bits per heavy atom. The fraction of sp³-hybridized carbons (Fsp3) is 0.533. The Morgan fingerprint density at radius 1 is 1.48 bits per heavy atom. The third kappa shape index (κ3) is 3.39. The lowest BCUT2D eigenvalue weighted by atomic mass is 10.0. The first-order chi connectivity index (χ1) is 9.90. The first-order valence-corrected chi connectivity index (χ1v) is 7.11. The van der Waals surface area contributed by atoms with Gasteiger partial charge in [-0.15, -0.1) is 0 Å². The molecule has 1 aromatic rings. The second kappa shape index (κ2) is 6.22. The number of carbonyl (C=O) groups is 1. The number of carbonyl (C=O) groups excluding carboxylic acids is 1. The maximum Gasteiger partial charge on any atom is 0.293 e.